The maximum atomic E-state index is 13.4. The summed E-state index contributed by atoms with van der Waals surface area (Å²) in [6.07, 6.45) is 3.17. The Morgan fingerprint density at radius 2 is 1.94 bits per heavy atom. The normalized spacial score (nSPS) is 14.4. The zero-order chi connectivity index (χ0) is 21.8. The van der Waals surface area contributed by atoms with E-state index in [2.05, 4.69) is 15.3 Å². The lowest BCUT2D eigenvalue weighted by Crippen LogP contribution is -2.33. The summed E-state index contributed by atoms with van der Waals surface area (Å²) in [4.78, 5) is 21.4. The number of rotatable bonds is 6. The van der Waals surface area contributed by atoms with Crippen molar-refractivity contribution in [2.75, 3.05) is 18.5 Å². The summed E-state index contributed by atoms with van der Waals surface area (Å²) in [5.74, 6) is 0.527. The molecule has 0 amide bonds. The number of hydrogen-bond donors (Lipinski definition) is 2. The lowest BCUT2D eigenvalue weighted by Gasteiger charge is -2.24. The number of aromatic nitrogens is 3. The Kier molecular flexibility index (Phi) is 6.18. The van der Waals surface area contributed by atoms with Gasteiger partial charge in [-0.05, 0) is 30.5 Å². The maximum absolute atomic E-state index is 13.4. The van der Waals surface area contributed by atoms with Gasteiger partial charge in [0.25, 0.3) is 5.56 Å². The molecular formula is C23H24FN5O2. The minimum absolute atomic E-state index is 0.165. The Labute approximate surface area is 179 Å². The van der Waals surface area contributed by atoms with E-state index in [0.29, 0.717) is 37.0 Å². The van der Waals surface area contributed by atoms with Crippen LogP contribution in [-0.2, 0) is 18.2 Å². The molecule has 2 aromatic heterocycles. The van der Waals surface area contributed by atoms with Crippen molar-refractivity contribution >= 4 is 12.0 Å². The quantitative estimate of drug-likeness (QED) is 0.471. The van der Waals surface area contributed by atoms with Gasteiger partial charge in [-0.2, -0.15) is 4.39 Å². The first-order valence-electron chi connectivity index (χ1n) is 10.2. The highest BCUT2D eigenvalue weighted by Crippen LogP contribution is 2.20. The third-order valence-corrected chi connectivity index (χ3v) is 5.45. The molecule has 3 aromatic rings. The van der Waals surface area contributed by atoms with Crippen molar-refractivity contribution in [2.45, 2.75) is 25.3 Å². The lowest BCUT2D eigenvalue weighted by atomic mass is 10.1. The Hall–Kier alpha value is -3.39. The average molecular weight is 421 g/mol. The Bertz CT molecular complexity index is 1140. The summed E-state index contributed by atoms with van der Waals surface area (Å²) in [5.41, 5.74) is 2.34. The molecule has 0 unspecified atom stereocenters. The SMILES string of the molecule is Cn1c(Cc2ccc(-c3cccc(F)n3)cc2)nc(NC2CCOCC2)c(C=N)c1=O. The van der Waals surface area contributed by atoms with E-state index in [1.54, 1.807) is 19.2 Å². The van der Waals surface area contributed by atoms with Crippen LogP contribution in [0.25, 0.3) is 11.3 Å². The van der Waals surface area contributed by atoms with Crippen molar-refractivity contribution in [1.82, 2.24) is 14.5 Å². The van der Waals surface area contributed by atoms with Gasteiger partial charge in [0.15, 0.2) is 0 Å². The average Bonchev–Trinajstić information content (AvgIpc) is 2.79. The van der Waals surface area contributed by atoms with Gasteiger partial charge in [0.1, 0.15) is 11.6 Å². The predicted octanol–water partition coefficient (Wildman–Crippen LogP) is 3.16. The van der Waals surface area contributed by atoms with Gasteiger partial charge in [-0.1, -0.05) is 30.3 Å². The number of pyridine rings is 1. The molecule has 31 heavy (non-hydrogen) atoms. The van der Waals surface area contributed by atoms with E-state index < -0.39 is 5.95 Å². The van der Waals surface area contributed by atoms with E-state index in [9.17, 15) is 9.18 Å². The van der Waals surface area contributed by atoms with Crippen molar-refractivity contribution in [1.29, 1.82) is 5.41 Å². The van der Waals surface area contributed by atoms with E-state index in [1.807, 2.05) is 24.3 Å². The van der Waals surface area contributed by atoms with Gasteiger partial charge in [0.2, 0.25) is 5.95 Å². The van der Waals surface area contributed by atoms with Crippen molar-refractivity contribution < 1.29 is 9.13 Å². The van der Waals surface area contributed by atoms with Crippen LogP contribution in [0.5, 0.6) is 0 Å². The number of nitrogens with zero attached hydrogens (tertiary/aromatic N) is 3. The molecule has 1 aliphatic rings. The zero-order valence-electron chi connectivity index (χ0n) is 17.3. The molecule has 3 heterocycles. The number of halogens is 1. The highest BCUT2D eigenvalue weighted by molar-refractivity contribution is 5.83. The predicted molar refractivity (Wildman–Crippen MR) is 117 cm³/mol. The topological polar surface area (TPSA) is 92.9 Å². The minimum atomic E-state index is -0.517. The summed E-state index contributed by atoms with van der Waals surface area (Å²) < 4.78 is 20.3. The fourth-order valence-electron chi connectivity index (χ4n) is 3.64. The van der Waals surface area contributed by atoms with Crippen LogP contribution in [-0.4, -0.2) is 40.0 Å². The van der Waals surface area contributed by atoms with Gasteiger partial charge < -0.3 is 15.5 Å². The molecule has 0 bridgehead atoms. The minimum Gasteiger partial charge on any atom is -0.381 e. The molecule has 160 valence electrons. The second-order valence-electron chi connectivity index (χ2n) is 7.55. The van der Waals surface area contributed by atoms with E-state index in [4.69, 9.17) is 10.1 Å². The third kappa shape index (κ3) is 4.69. The van der Waals surface area contributed by atoms with Crippen molar-refractivity contribution in [3.8, 4) is 11.3 Å². The monoisotopic (exact) mass is 421 g/mol. The van der Waals surface area contributed by atoms with Gasteiger partial charge in [0, 0.05) is 44.5 Å². The van der Waals surface area contributed by atoms with Crippen LogP contribution in [0.2, 0.25) is 0 Å². The first-order valence-corrected chi connectivity index (χ1v) is 10.2. The first kappa shape index (κ1) is 20.9. The van der Waals surface area contributed by atoms with Crippen LogP contribution in [0, 0.1) is 11.4 Å². The van der Waals surface area contributed by atoms with Gasteiger partial charge in [-0.15, -0.1) is 0 Å². The van der Waals surface area contributed by atoms with E-state index in [0.717, 1.165) is 30.2 Å². The number of hydrogen-bond acceptors (Lipinski definition) is 6. The molecule has 1 fully saturated rings. The molecule has 0 saturated carbocycles. The van der Waals surface area contributed by atoms with E-state index >= 15 is 0 Å². The molecule has 2 N–H and O–H groups in total. The highest BCUT2D eigenvalue weighted by Gasteiger charge is 2.19. The number of anilines is 1. The van der Waals surface area contributed by atoms with Gasteiger partial charge in [-0.25, -0.2) is 9.97 Å². The van der Waals surface area contributed by atoms with Crippen LogP contribution in [0.15, 0.2) is 47.3 Å². The fraction of sp³-hybridized carbons (Fsp3) is 0.304. The molecule has 0 atom stereocenters. The first-order chi connectivity index (χ1) is 15.0. The Morgan fingerprint density at radius 3 is 2.61 bits per heavy atom. The second kappa shape index (κ2) is 9.18. The van der Waals surface area contributed by atoms with Crippen LogP contribution in [0.1, 0.15) is 29.8 Å². The van der Waals surface area contributed by atoms with Crippen LogP contribution in [0.4, 0.5) is 10.2 Å². The second-order valence-corrected chi connectivity index (χ2v) is 7.55. The smallest absolute Gasteiger partial charge is 0.264 e. The molecular weight excluding hydrogens is 397 g/mol. The zero-order valence-corrected chi connectivity index (χ0v) is 17.3. The summed E-state index contributed by atoms with van der Waals surface area (Å²) in [6.45, 7) is 1.34. The standard InChI is InChI=1S/C23H24FN5O2/c1-29-21(13-15-5-7-16(8-6-15)19-3-2-4-20(24)27-19)28-22(18(14-25)23(29)30)26-17-9-11-31-12-10-17/h2-8,14,17,25-26H,9-13H2,1H3. The van der Waals surface area contributed by atoms with Crippen LogP contribution < -0.4 is 10.9 Å². The Morgan fingerprint density at radius 1 is 1.19 bits per heavy atom. The fourth-order valence-corrected chi connectivity index (χ4v) is 3.64. The molecule has 1 aliphatic heterocycles. The molecule has 1 aromatic carbocycles. The molecule has 0 aliphatic carbocycles. The molecule has 7 nitrogen and oxygen atoms in total. The molecule has 8 heteroatoms. The van der Waals surface area contributed by atoms with Gasteiger partial charge >= 0.3 is 0 Å². The third-order valence-electron chi connectivity index (χ3n) is 5.45. The lowest BCUT2D eigenvalue weighted by molar-refractivity contribution is 0.0904. The van der Waals surface area contributed by atoms with Gasteiger partial charge in [-0.3, -0.25) is 9.36 Å². The summed E-state index contributed by atoms with van der Waals surface area (Å²) in [7, 11) is 1.67. The molecule has 0 spiro atoms. The van der Waals surface area contributed by atoms with Crippen molar-refractivity contribution in [3.05, 3.63) is 75.7 Å². The van der Waals surface area contributed by atoms with E-state index in [-0.39, 0.29) is 17.2 Å². The molecule has 4 rings (SSSR count). The summed E-state index contributed by atoms with van der Waals surface area (Å²) >= 11 is 0. The number of nitrogens with one attached hydrogen (secondary N) is 2. The summed E-state index contributed by atoms with van der Waals surface area (Å²) in [5, 5.41) is 11.0. The Balaban J connectivity index is 1.60. The van der Waals surface area contributed by atoms with Crippen molar-refractivity contribution in [3.63, 3.8) is 0 Å². The number of ether oxygens (including phenoxy) is 1. The molecule has 1 saturated heterocycles. The number of benzene rings is 1. The highest BCUT2D eigenvalue weighted by atomic mass is 19.1. The molecule has 0 radical (unpaired) electrons. The van der Waals surface area contributed by atoms with Gasteiger partial charge in [0.05, 0.1) is 11.3 Å². The summed E-state index contributed by atoms with van der Waals surface area (Å²) in [6, 6.07) is 12.5. The van der Waals surface area contributed by atoms with Crippen molar-refractivity contribution in [2.24, 2.45) is 7.05 Å². The van der Waals surface area contributed by atoms with Crippen LogP contribution in [0.3, 0.4) is 0 Å². The van der Waals surface area contributed by atoms with E-state index in [1.165, 1.54) is 10.6 Å². The van der Waals surface area contributed by atoms with Crippen LogP contribution >= 0.6 is 0 Å². The largest absolute Gasteiger partial charge is 0.381 e. The maximum Gasteiger partial charge on any atom is 0.264 e.